The minimum atomic E-state index is -1.68. The summed E-state index contributed by atoms with van der Waals surface area (Å²) in [4.78, 5) is 39.1. The number of fused-ring (bicyclic) bond motifs is 2. The molecule has 0 saturated carbocycles. The SMILES string of the molecule is CC.CC(Cc1ccc(Cl)c(Cl)c1)CN1C(=O)C2(NC(=O)NC2=O)c2ccccc21. The van der Waals surface area contributed by atoms with Crippen molar-refractivity contribution in [3.8, 4) is 0 Å². The Morgan fingerprint density at radius 2 is 1.73 bits per heavy atom. The van der Waals surface area contributed by atoms with Crippen LogP contribution < -0.4 is 15.5 Å². The second kappa shape index (κ2) is 8.66. The molecule has 2 heterocycles. The van der Waals surface area contributed by atoms with Gasteiger partial charge in [0.25, 0.3) is 11.8 Å². The van der Waals surface area contributed by atoms with E-state index in [1.54, 1.807) is 35.2 Å². The highest BCUT2D eigenvalue weighted by Gasteiger charge is 2.61. The van der Waals surface area contributed by atoms with Crippen molar-refractivity contribution >= 4 is 46.7 Å². The van der Waals surface area contributed by atoms with Crippen LogP contribution in [0.3, 0.4) is 0 Å². The lowest BCUT2D eigenvalue weighted by molar-refractivity contribution is -0.134. The second-order valence-corrected chi connectivity index (χ2v) is 7.96. The highest BCUT2D eigenvalue weighted by Crippen LogP contribution is 2.42. The van der Waals surface area contributed by atoms with E-state index in [1.807, 2.05) is 32.9 Å². The summed E-state index contributed by atoms with van der Waals surface area (Å²) >= 11 is 12.1. The Morgan fingerprint density at radius 3 is 2.37 bits per heavy atom. The number of anilines is 1. The molecule has 6 nitrogen and oxygen atoms in total. The van der Waals surface area contributed by atoms with Crippen LogP contribution in [0, 0.1) is 5.92 Å². The molecule has 4 amide bonds. The van der Waals surface area contributed by atoms with Crippen LogP contribution in [0.25, 0.3) is 0 Å². The lowest BCUT2D eigenvalue weighted by atomic mass is 9.91. The van der Waals surface area contributed by atoms with Gasteiger partial charge in [0.15, 0.2) is 0 Å². The van der Waals surface area contributed by atoms with Crippen LogP contribution >= 0.6 is 23.2 Å². The topological polar surface area (TPSA) is 78.5 Å². The summed E-state index contributed by atoms with van der Waals surface area (Å²) in [6.45, 7) is 6.40. The number of rotatable bonds is 4. The average molecular weight is 448 g/mol. The first-order chi connectivity index (χ1) is 14.3. The summed E-state index contributed by atoms with van der Waals surface area (Å²) in [5.41, 5.74) is 0.441. The minimum Gasteiger partial charge on any atom is -0.312 e. The summed E-state index contributed by atoms with van der Waals surface area (Å²) in [5.74, 6) is -1.02. The number of imide groups is 1. The van der Waals surface area contributed by atoms with Crippen molar-refractivity contribution in [2.45, 2.75) is 32.7 Å². The van der Waals surface area contributed by atoms with Crippen molar-refractivity contribution in [3.05, 3.63) is 63.6 Å². The van der Waals surface area contributed by atoms with Crippen LogP contribution in [0.4, 0.5) is 10.5 Å². The predicted octanol–water partition coefficient (Wildman–Crippen LogP) is 4.28. The van der Waals surface area contributed by atoms with Crippen LogP contribution in [0.15, 0.2) is 42.5 Å². The monoisotopic (exact) mass is 447 g/mol. The van der Waals surface area contributed by atoms with Gasteiger partial charge < -0.3 is 10.2 Å². The summed E-state index contributed by atoms with van der Waals surface area (Å²) in [6.07, 6.45) is 0.675. The number of para-hydroxylation sites is 1. The van der Waals surface area contributed by atoms with Gasteiger partial charge >= 0.3 is 6.03 Å². The van der Waals surface area contributed by atoms with E-state index in [2.05, 4.69) is 10.6 Å². The fourth-order valence-electron chi connectivity index (χ4n) is 3.88. The number of benzene rings is 2. The van der Waals surface area contributed by atoms with Gasteiger partial charge in [0.1, 0.15) is 0 Å². The molecule has 2 N–H and O–H groups in total. The fourth-order valence-corrected chi connectivity index (χ4v) is 4.20. The zero-order valence-electron chi connectivity index (χ0n) is 17.0. The molecule has 2 aromatic rings. The molecule has 2 aliphatic rings. The van der Waals surface area contributed by atoms with E-state index < -0.39 is 23.4 Å². The number of hydrogen-bond acceptors (Lipinski definition) is 3. The third-order valence-electron chi connectivity index (χ3n) is 5.10. The van der Waals surface area contributed by atoms with E-state index in [0.717, 1.165) is 5.56 Å². The average Bonchev–Trinajstić information content (AvgIpc) is 3.15. The summed E-state index contributed by atoms with van der Waals surface area (Å²) in [7, 11) is 0. The molecular formula is C22H23Cl2N3O3. The molecule has 0 bridgehead atoms. The Bertz CT molecular complexity index is 1010. The summed E-state index contributed by atoms with van der Waals surface area (Å²) in [6, 6.07) is 11.8. The maximum Gasteiger partial charge on any atom is 0.323 e. The fraction of sp³-hybridized carbons (Fsp3) is 0.318. The van der Waals surface area contributed by atoms with Crippen molar-refractivity contribution in [1.82, 2.24) is 10.6 Å². The lowest BCUT2D eigenvalue weighted by Gasteiger charge is -2.24. The van der Waals surface area contributed by atoms with E-state index in [9.17, 15) is 14.4 Å². The molecule has 0 radical (unpaired) electrons. The van der Waals surface area contributed by atoms with E-state index in [0.29, 0.717) is 34.3 Å². The number of amides is 4. The second-order valence-electron chi connectivity index (χ2n) is 7.15. The van der Waals surface area contributed by atoms with E-state index in [4.69, 9.17) is 23.2 Å². The molecule has 0 aliphatic carbocycles. The maximum atomic E-state index is 13.2. The number of carbonyl (C=O) groups is 3. The van der Waals surface area contributed by atoms with E-state index in [1.165, 1.54) is 0 Å². The largest absolute Gasteiger partial charge is 0.323 e. The Labute approximate surface area is 185 Å². The Balaban J connectivity index is 0.00000124. The number of hydrogen-bond donors (Lipinski definition) is 2. The Hall–Kier alpha value is -2.57. The van der Waals surface area contributed by atoms with Gasteiger partial charge in [-0.05, 0) is 36.1 Å². The number of halogens is 2. The number of nitrogens with zero attached hydrogens (tertiary/aromatic N) is 1. The smallest absolute Gasteiger partial charge is 0.312 e. The molecule has 4 rings (SSSR count). The Morgan fingerprint density at radius 1 is 1.03 bits per heavy atom. The molecule has 1 saturated heterocycles. The van der Waals surface area contributed by atoms with Gasteiger partial charge in [-0.15, -0.1) is 0 Å². The molecule has 2 aliphatic heterocycles. The molecule has 8 heteroatoms. The van der Waals surface area contributed by atoms with Crippen LogP contribution in [-0.4, -0.2) is 24.4 Å². The van der Waals surface area contributed by atoms with Crippen LogP contribution in [0.5, 0.6) is 0 Å². The molecule has 30 heavy (non-hydrogen) atoms. The van der Waals surface area contributed by atoms with Gasteiger partial charge in [-0.2, -0.15) is 0 Å². The first kappa shape index (κ1) is 22.1. The first-order valence-electron chi connectivity index (χ1n) is 9.82. The zero-order valence-corrected chi connectivity index (χ0v) is 18.5. The van der Waals surface area contributed by atoms with Gasteiger partial charge in [-0.3, -0.25) is 14.9 Å². The third kappa shape index (κ3) is 3.66. The molecule has 2 aromatic carbocycles. The van der Waals surface area contributed by atoms with E-state index in [-0.39, 0.29) is 5.92 Å². The zero-order chi connectivity index (χ0) is 22.1. The van der Waals surface area contributed by atoms with Crippen LogP contribution in [0.2, 0.25) is 10.0 Å². The van der Waals surface area contributed by atoms with Gasteiger partial charge in [0, 0.05) is 12.1 Å². The standard InChI is InChI=1S/C20H17Cl2N3O3.C2H6/c1-11(8-12-6-7-14(21)15(22)9-12)10-25-16-5-3-2-4-13(16)20(18(25)27)17(26)23-19(28)24-20;1-2/h2-7,9,11H,8,10H2,1H3,(H2,23,24,26,28);1-2H3. The number of nitrogens with one attached hydrogen (secondary N) is 2. The van der Waals surface area contributed by atoms with Crippen molar-refractivity contribution in [3.63, 3.8) is 0 Å². The van der Waals surface area contributed by atoms with Crippen LogP contribution in [-0.2, 0) is 21.5 Å². The first-order valence-corrected chi connectivity index (χ1v) is 10.6. The van der Waals surface area contributed by atoms with Crippen LogP contribution in [0.1, 0.15) is 31.9 Å². The third-order valence-corrected chi connectivity index (χ3v) is 5.83. The molecule has 2 unspecified atom stereocenters. The maximum absolute atomic E-state index is 13.2. The molecule has 1 spiro atoms. The Kier molecular flexibility index (Phi) is 6.38. The molecule has 0 aromatic heterocycles. The molecular weight excluding hydrogens is 425 g/mol. The van der Waals surface area contributed by atoms with Gasteiger partial charge in [0.2, 0.25) is 5.54 Å². The number of urea groups is 1. The summed E-state index contributed by atoms with van der Waals surface area (Å²) < 4.78 is 0. The van der Waals surface area contributed by atoms with Crippen molar-refractivity contribution in [1.29, 1.82) is 0 Å². The van der Waals surface area contributed by atoms with Gasteiger partial charge in [-0.1, -0.05) is 68.2 Å². The van der Waals surface area contributed by atoms with Gasteiger partial charge in [-0.25, -0.2) is 4.79 Å². The normalized spacial score (nSPS) is 20.4. The van der Waals surface area contributed by atoms with Gasteiger partial charge in [0.05, 0.1) is 15.7 Å². The molecule has 2 atom stereocenters. The molecule has 1 fully saturated rings. The minimum absolute atomic E-state index is 0.0737. The quantitative estimate of drug-likeness (QED) is 0.542. The van der Waals surface area contributed by atoms with Crippen molar-refractivity contribution < 1.29 is 14.4 Å². The number of carbonyl (C=O) groups excluding carboxylic acids is 3. The predicted molar refractivity (Wildman–Crippen MR) is 118 cm³/mol. The molecule has 158 valence electrons. The van der Waals surface area contributed by atoms with Crippen molar-refractivity contribution in [2.75, 3.05) is 11.4 Å². The van der Waals surface area contributed by atoms with Crippen molar-refractivity contribution in [2.24, 2.45) is 5.92 Å². The lowest BCUT2D eigenvalue weighted by Crippen LogP contribution is -2.52. The highest BCUT2D eigenvalue weighted by molar-refractivity contribution is 6.42. The highest BCUT2D eigenvalue weighted by atomic mass is 35.5. The summed E-state index contributed by atoms with van der Waals surface area (Å²) in [5, 5.41) is 5.69. The van der Waals surface area contributed by atoms with E-state index >= 15 is 0 Å².